The van der Waals surface area contributed by atoms with Gasteiger partial charge < -0.3 is 4.74 Å². The molecular weight excluding hydrogens is 407 g/mol. The zero-order chi connectivity index (χ0) is 20.5. The van der Waals surface area contributed by atoms with E-state index in [0.717, 1.165) is 22.4 Å². The van der Waals surface area contributed by atoms with Crippen LogP contribution in [0.3, 0.4) is 0 Å². The number of amides is 1. The second-order valence-electron chi connectivity index (χ2n) is 6.38. The maximum atomic E-state index is 11.9. The SMILES string of the molecule is O=C(CCc1ccccc1)N/N=C\c1ccc(OCc2ccc(Cl)c(Cl)c2)cc1. The lowest BCUT2D eigenvalue weighted by Gasteiger charge is -2.07. The predicted octanol–water partition coefficient (Wildman–Crippen LogP) is 5.66. The number of hydrogen-bond donors (Lipinski definition) is 1. The van der Waals surface area contributed by atoms with E-state index in [2.05, 4.69) is 10.5 Å². The highest BCUT2D eigenvalue weighted by Gasteiger charge is 2.02. The van der Waals surface area contributed by atoms with Crippen molar-refractivity contribution in [3.63, 3.8) is 0 Å². The Balaban J connectivity index is 1.43. The van der Waals surface area contributed by atoms with Gasteiger partial charge in [-0.3, -0.25) is 4.79 Å². The van der Waals surface area contributed by atoms with Gasteiger partial charge in [-0.25, -0.2) is 5.43 Å². The molecule has 0 fully saturated rings. The van der Waals surface area contributed by atoms with Crippen LogP contribution in [0.4, 0.5) is 0 Å². The molecule has 0 spiro atoms. The molecule has 1 N–H and O–H groups in total. The van der Waals surface area contributed by atoms with Crippen molar-refractivity contribution in [1.82, 2.24) is 5.43 Å². The second kappa shape index (κ2) is 10.6. The lowest BCUT2D eigenvalue weighted by molar-refractivity contribution is -0.121. The first kappa shape index (κ1) is 20.9. The Hall–Kier alpha value is -2.82. The first-order valence-corrected chi connectivity index (χ1v) is 9.88. The van der Waals surface area contributed by atoms with Gasteiger partial charge in [0, 0.05) is 6.42 Å². The standard InChI is InChI=1S/C23H20Cl2N2O2/c24-21-12-8-19(14-22(21)25)16-29-20-10-6-18(7-11-20)15-26-27-23(28)13-9-17-4-2-1-3-5-17/h1-8,10-12,14-15H,9,13,16H2,(H,27,28)/b26-15-. The van der Waals surface area contributed by atoms with E-state index in [1.807, 2.05) is 60.7 Å². The molecule has 0 bridgehead atoms. The zero-order valence-electron chi connectivity index (χ0n) is 15.6. The van der Waals surface area contributed by atoms with Crippen LogP contribution < -0.4 is 10.2 Å². The Morgan fingerprint density at radius 2 is 1.69 bits per heavy atom. The van der Waals surface area contributed by atoms with Gasteiger partial charge in [-0.2, -0.15) is 5.10 Å². The zero-order valence-corrected chi connectivity index (χ0v) is 17.2. The molecule has 0 saturated carbocycles. The van der Waals surface area contributed by atoms with Gasteiger partial charge in [0.15, 0.2) is 0 Å². The van der Waals surface area contributed by atoms with Crippen LogP contribution in [0.15, 0.2) is 77.9 Å². The van der Waals surface area contributed by atoms with Gasteiger partial charge in [-0.1, -0.05) is 59.6 Å². The van der Waals surface area contributed by atoms with E-state index in [4.69, 9.17) is 27.9 Å². The topological polar surface area (TPSA) is 50.7 Å². The maximum Gasteiger partial charge on any atom is 0.240 e. The summed E-state index contributed by atoms with van der Waals surface area (Å²) < 4.78 is 5.74. The van der Waals surface area contributed by atoms with Gasteiger partial charge >= 0.3 is 0 Å². The summed E-state index contributed by atoms with van der Waals surface area (Å²) in [7, 11) is 0. The number of carbonyl (C=O) groups excluding carboxylic acids is 1. The number of hydrogen-bond acceptors (Lipinski definition) is 3. The van der Waals surface area contributed by atoms with Gasteiger partial charge in [-0.05, 0) is 59.5 Å². The quantitative estimate of drug-likeness (QED) is 0.373. The van der Waals surface area contributed by atoms with Crippen LogP contribution in [-0.4, -0.2) is 12.1 Å². The van der Waals surface area contributed by atoms with Crippen molar-refractivity contribution in [2.75, 3.05) is 0 Å². The molecule has 1 amide bonds. The Morgan fingerprint density at radius 3 is 2.41 bits per heavy atom. The van der Waals surface area contributed by atoms with E-state index in [9.17, 15) is 4.79 Å². The highest BCUT2D eigenvalue weighted by atomic mass is 35.5. The summed E-state index contributed by atoms with van der Waals surface area (Å²) in [6, 6.07) is 22.7. The van der Waals surface area contributed by atoms with E-state index in [-0.39, 0.29) is 5.91 Å². The average Bonchev–Trinajstić information content (AvgIpc) is 2.75. The molecule has 0 aliphatic heterocycles. The van der Waals surface area contributed by atoms with Crippen molar-refractivity contribution < 1.29 is 9.53 Å². The van der Waals surface area contributed by atoms with Crippen molar-refractivity contribution in [3.05, 3.63) is 99.5 Å². The van der Waals surface area contributed by atoms with Crippen molar-refractivity contribution in [2.24, 2.45) is 5.10 Å². The van der Waals surface area contributed by atoms with E-state index in [0.29, 0.717) is 29.5 Å². The Bertz CT molecular complexity index is 974. The molecule has 4 nitrogen and oxygen atoms in total. The lowest BCUT2D eigenvalue weighted by Crippen LogP contribution is -2.17. The van der Waals surface area contributed by atoms with Gasteiger partial charge in [0.25, 0.3) is 0 Å². The van der Waals surface area contributed by atoms with Crippen LogP contribution >= 0.6 is 23.2 Å². The minimum absolute atomic E-state index is 0.119. The molecule has 0 aromatic heterocycles. The number of benzene rings is 3. The fourth-order valence-corrected chi connectivity index (χ4v) is 2.90. The first-order chi connectivity index (χ1) is 14.1. The number of ether oxygens (including phenoxy) is 1. The van der Waals surface area contributed by atoms with Crippen molar-refractivity contribution in [3.8, 4) is 5.75 Å². The molecule has 0 heterocycles. The van der Waals surface area contributed by atoms with Gasteiger partial charge in [0.2, 0.25) is 5.91 Å². The molecule has 3 aromatic rings. The number of hydrazone groups is 1. The minimum Gasteiger partial charge on any atom is -0.489 e. The van der Waals surface area contributed by atoms with Crippen LogP contribution in [0.25, 0.3) is 0 Å². The highest BCUT2D eigenvalue weighted by Crippen LogP contribution is 2.23. The monoisotopic (exact) mass is 426 g/mol. The lowest BCUT2D eigenvalue weighted by atomic mass is 10.1. The van der Waals surface area contributed by atoms with Gasteiger partial charge in [0.1, 0.15) is 12.4 Å². The molecule has 0 atom stereocenters. The molecule has 29 heavy (non-hydrogen) atoms. The molecule has 0 saturated heterocycles. The highest BCUT2D eigenvalue weighted by molar-refractivity contribution is 6.42. The summed E-state index contributed by atoms with van der Waals surface area (Å²) in [6.45, 7) is 0.391. The second-order valence-corrected chi connectivity index (χ2v) is 7.20. The van der Waals surface area contributed by atoms with E-state index < -0.39 is 0 Å². The van der Waals surface area contributed by atoms with Crippen molar-refractivity contribution in [2.45, 2.75) is 19.4 Å². The number of aryl methyl sites for hydroxylation is 1. The predicted molar refractivity (Wildman–Crippen MR) is 118 cm³/mol. The molecule has 0 radical (unpaired) electrons. The summed E-state index contributed by atoms with van der Waals surface area (Å²) in [4.78, 5) is 11.9. The Labute approximate surface area is 180 Å². The fraction of sp³-hybridized carbons (Fsp3) is 0.130. The summed E-state index contributed by atoms with van der Waals surface area (Å²) in [5, 5.41) is 5.03. The molecule has 6 heteroatoms. The Kier molecular flexibility index (Phi) is 7.68. The molecular formula is C23H20Cl2N2O2. The van der Waals surface area contributed by atoms with Crippen molar-refractivity contribution in [1.29, 1.82) is 0 Å². The first-order valence-electron chi connectivity index (χ1n) is 9.13. The molecule has 148 valence electrons. The summed E-state index contributed by atoms with van der Waals surface area (Å²) in [5.74, 6) is 0.604. The normalized spacial score (nSPS) is 10.8. The average molecular weight is 427 g/mol. The largest absolute Gasteiger partial charge is 0.489 e. The van der Waals surface area contributed by atoms with E-state index >= 15 is 0 Å². The van der Waals surface area contributed by atoms with Crippen molar-refractivity contribution >= 4 is 35.3 Å². The molecule has 3 aromatic carbocycles. The van der Waals surface area contributed by atoms with Crippen LogP contribution in [0.5, 0.6) is 5.75 Å². The summed E-state index contributed by atoms with van der Waals surface area (Å²) in [6.07, 6.45) is 2.68. The van der Waals surface area contributed by atoms with Crippen LogP contribution in [-0.2, 0) is 17.8 Å². The molecule has 0 aliphatic carbocycles. The molecule has 0 unspecified atom stereocenters. The number of carbonyl (C=O) groups is 1. The third kappa shape index (κ3) is 6.93. The number of rotatable bonds is 8. The summed E-state index contributed by atoms with van der Waals surface area (Å²) >= 11 is 11.9. The van der Waals surface area contributed by atoms with E-state index in [1.54, 1.807) is 18.3 Å². The van der Waals surface area contributed by atoms with Gasteiger partial charge in [-0.15, -0.1) is 0 Å². The molecule has 3 rings (SSSR count). The van der Waals surface area contributed by atoms with Crippen LogP contribution in [0.1, 0.15) is 23.1 Å². The number of halogens is 2. The maximum absolute atomic E-state index is 11.9. The van der Waals surface area contributed by atoms with Gasteiger partial charge in [0.05, 0.1) is 16.3 Å². The molecule has 0 aliphatic rings. The Morgan fingerprint density at radius 1 is 0.931 bits per heavy atom. The van der Waals surface area contributed by atoms with Crippen LogP contribution in [0, 0.1) is 0 Å². The van der Waals surface area contributed by atoms with Crippen LogP contribution in [0.2, 0.25) is 10.0 Å². The van der Waals surface area contributed by atoms with E-state index in [1.165, 1.54) is 0 Å². The number of nitrogens with zero attached hydrogens (tertiary/aromatic N) is 1. The third-order valence-corrected chi connectivity index (χ3v) is 4.90. The number of nitrogens with one attached hydrogen (secondary N) is 1. The summed E-state index contributed by atoms with van der Waals surface area (Å²) in [5.41, 5.74) is 5.47. The fourth-order valence-electron chi connectivity index (χ4n) is 2.58. The third-order valence-electron chi connectivity index (χ3n) is 4.16. The smallest absolute Gasteiger partial charge is 0.240 e. The minimum atomic E-state index is -0.119.